The van der Waals surface area contributed by atoms with Crippen molar-refractivity contribution in [2.45, 2.75) is 20.0 Å². The summed E-state index contributed by atoms with van der Waals surface area (Å²) < 4.78 is 10.8. The van der Waals surface area contributed by atoms with E-state index in [0.29, 0.717) is 11.4 Å². The van der Waals surface area contributed by atoms with Crippen LogP contribution in [0.5, 0.6) is 0 Å². The number of benzene rings is 1. The van der Waals surface area contributed by atoms with E-state index in [1.807, 2.05) is 37.3 Å². The molecule has 0 saturated heterocycles. The molecule has 116 valence electrons. The molecule has 0 saturated carbocycles. The van der Waals surface area contributed by atoms with E-state index in [0.717, 1.165) is 11.1 Å². The van der Waals surface area contributed by atoms with E-state index >= 15 is 0 Å². The average Bonchev–Trinajstić information content (AvgIpc) is 2.99. The molecule has 6 heteroatoms. The van der Waals surface area contributed by atoms with Crippen molar-refractivity contribution >= 4 is 5.97 Å². The van der Waals surface area contributed by atoms with Crippen molar-refractivity contribution in [3.63, 3.8) is 0 Å². The summed E-state index contributed by atoms with van der Waals surface area (Å²) in [5, 5.41) is 3.77. The lowest BCUT2D eigenvalue weighted by molar-refractivity contribution is 0.0314. The summed E-state index contributed by atoms with van der Waals surface area (Å²) in [7, 11) is 0. The largest absolute Gasteiger partial charge is 0.444 e. The van der Waals surface area contributed by atoms with Crippen LogP contribution < -0.4 is 0 Å². The quantitative estimate of drug-likeness (QED) is 0.689. The molecule has 3 aromatic rings. The van der Waals surface area contributed by atoms with Crippen LogP contribution in [0.1, 0.15) is 39.3 Å². The fraction of sp³-hybridized carbons (Fsp3) is 0.176. The van der Waals surface area contributed by atoms with Gasteiger partial charge in [-0.05, 0) is 25.5 Å². The van der Waals surface area contributed by atoms with Crippen molar-refractivity contribution in [1.29, 1.82) is 0 Å². The maximum atomic E-state index is 12.4. The molecule has 0 bridgehead atoms. The number of hydrogen-bond donors (Lipinski definition) is 0. The van der Waals surface area contributed by atoms with Gasteiger partial charge in [0.05, 0.1) is 5.56 Å². The van der Waals surface area contributed by atoms with E-state index in [1.54, 1.807) is 19.2 Å². The Balaban J connectivity index is 1.92. The Morgan fingerprint density at radius 2 is 1.96 bits per heavy atom. The summed E-state index contributed by atoms with van der Waals surface area (Å²) >= 11 is 0. The van der Waals surface area contributed by atoms with Crippen LogP contribution in [0.25, 0.3) is 0 Å². The Hall–Kier alpha value is -3.02. The lowest BCUT2D eigenvalue weighted by Crippen LogP contribution is -2.14. The molecule has 0 amide bonds. The number of nitrogens with zero attached hydrogens (tertiary/aromatic N) is 3. The molecular formula is C17H15N3O3. The Labute approximate surface area is 133 Å². The van der Waals surface area contributed by atoms with Crippen molar-refractivity contribution in [3.8, 4) is 0 Å². The normalized spacial score (nSPS) is 11.9. The molecule has 3 rings (SSSR count). The molecule has 0 aliphatic rings. The Bertz CT molecular complexity index is 815. The van der Waals surface area contributed by atoms with E-state index < -0.39 is 12.1 Å². The van der Waals surface area contributed by atoms with E-state index in [9.17, 15) is 4.79 Å². The van der Waals surface area contributed by atoms with Gasteiger partial charge in [-0.25, -0.2) is 4.79 Å². The predicted octanol–water partition coefficient (Wildman–Crippen LogP) is 3.03. The van der Waals surface area contributed by atoms with Gasteiger partial charge in [-0.1, -0.05) is 35.5 Å². The van der Waals surface area contributed by atoms with Crippen LogP contribution in [0.4, 0.5) is 0 Å². The standard InChI is InChI=1S/C17H15N3O3/c1-11-8-14(10-18-9-11)17(21)22-15(13-6-4-3-5-7-13)16-19-12(2)20-23-16/h3-10,15H,1-2H3. The maximum Gasteiger partial charge on any atom is 0.340 e. The minimum Gasteiger partial charge on any atom is -0.444 e. The second-order valence-electron chi connectivity index (χ2n) is 5.13. The first-order valence-electron chi connectivity index (χ1n) is 7.11. The van der Waals surface area contributed by atoms with Crippen molar-refractivity contribution in [3.05, 3.63) is 77.2 Å². The molecule has 0 fully saturated rings. The topological polar surface area (TPSA) is 78.1 Å². The number of aryl methyl sites for hydroxylation is 2. The van der Waals surface area contributed by atoms with Gasteiger partial charge in [0.25, 0.3) is 5.89 Å². The van der Waals surface area contributed by atoms with Crippen molar-refractivity contribution in [2.75, 3.05) is 0 Å². The van der Waals surface area contributed by atoms with E-state index in [2.05, 4.69) is 15.1 Å². The lowest BCUT2D eigenvalue weighted by Gasteiger charge is -2.14. The molecule has 0 radical (unpaired) electrons. The molecule has 6 nitrogen and oxygen atoms in total. The van der Waals surface area contributed by atoms with Crippen molar-refractivity contribution < 1.29 is 14.1 Å². The second-order valence-corrected chi connectivity index (χ2v) is 5.13. The molecule has 23 heavy (non-hydrogen) atoms. The van der Waals surface area contributed by atoms with E-state index in [-0.39, 0.29) is 5.89 Å². The zero-order valence-corrected chi connectivity index (χ0v) is 12.8. The van der Waals surface area contributed by atoms with Gasteiger partial charge < -0.3 is 9.26 Å². The Kier molecular flexibility index (Phi) is 4.14. The van der Waals surface area contributed by atoms with Gasteiger partial charge in [-0.3, -0.25) is 4.98 Å². The smallest absolute Gasteiger partial charge is 0.340 e. The summed E-state index contributed by atoms with van der Waals surface area (Å²) in [6.07, 6.45) is 2.38. The molecule has 2 aromatic heterocycles. The minimum atomic E-state index is -0.759. The van der Waals surface area contributed by atoms with Crippen molar-refractivity contribution in [1.82, 2.24) is 15.1 Å². The molecule has 1 atom stereocenters. The molecule has 0 spiro atoms. The number of carbonyl (C=O) groups excluding carboxylic acids is 1. The second kappa shape index (κ2) is 6.39. The molecule has 0 aliphatic heterocycles. The highest BCUT2D eigenvalue weighted by atomic mass is 16.6. The number of esters is 1. The monoisotopic (exact) mass is 309 g/mol. The predicted molar refractivity (Wildman–Crippen MR) is 81.7 cm³/mol. The van der Waals surface area contributed by atoms with E-state index in [1.165, 1.54) is 6.20 Å². The number of hydrogen-bond acceptors (Lipinski definition) is 6. The van der Waals surface area contributed by atoms with Gasteiger partial charge in [0.2, 0.25) is 6.10 Å². The summed E-state index contributed by atoms with van der Waals surface area (Å²) in [5.74, 6) is 0.225. The molecule has 1 unspecified atom stereocenters. The molecule has 1 aromatic carbocycles. The average molecular weight is 309 g/mol. The third-order valence-corrected chi connectivity index (χ3v) is 3.21. The van der Waals surface area contributed by atoms with Crippen LogP contribution in [-0.4, -0.2) is 21.1 Å². The highest BCUT2D eigenvalue weighted by molar-refractivity contribution is 5.89. The van der Waals surface area contributed by atoms with Crippen LogP contribution >= 0.6 is 0 Å². The van der Waals surface area contributed by atoms with Crippen LogP contribution in [0.3, 0.4) is 0 Å². The molecular weight excluding hydrogens is 294 g/mol. The zero-order chi connectivity index (χ0) is 16.2. The third-order valence-electron chi connectivity index (χ3n) is 3.21. The first-order chi connectivity index (χ1) is 11.1. The third kappa shape index (κ3) is 3.42. The van der Waals surface area contributed by atoms with E-state index in [4.69, 9.17) is 9.26 Å². The first kappa shape index (κ1) is 14.9. The Morgan fingerprint density at radius 1 is 1.17 bits per heavy atom. The fourth-order valence-electron chi connectivity index (χ4n) is 2.15. The lowest BCUT2D eigenvalue weighted by atomic mass is 10.1. The first-order valence-corrected chi connectivity index (χ1v) is 7.11. The van der Waals surface area contributed by atoms with Crippen molar-refractivity contribution in [2.24, 2.45) is 0 Å². The number of rotatable bonds is 4. The van der Waals surface area contributed by atoms with Crippen LogP contribution in [0, 0.1) is 13.8 Å². The molecule has 2 heterocycles. The number of aromatic nitrogens is 3. The summed E-state index contributed by atoms with van der Waals surface area (Å²) in [4.78, 5) is 20.6. The highest BCUT2D eigenvalue weighted by Gasteiger charge is 2.25. The SMILES string of the molecule is Cc1cncc(C(=O)OC(c2ccccc2)c2nc(C)no2)c1. The molecule has 0 aliphatic carbocycles. The number of pyridine rings is 1. The summed E-state index contributed by atoms with van der Waals surface area (Å²) in [6, 6.07) is 11.0. The Morgan fingerprint density at radius 3 is 2.61 bits per heavy atom. The van der Waals surface area contributed by atoms with Gasteiger partial charge in [-0.15, -0.1) is 0 Å². The van der Waals surface area contributed by atoms with Gasteiger partial charge in [-0.2, -0.15) is 4.98 Å². The van der Waals surface area contributed by atoms with Gasteiger partial charge >= 0.3 is 5.97 Å². The van der Waals surface area contributed by atoms with Crippen LogP contribution in [0.15, 0.2) is 53.3 Å². The minimum absolute atomic E-state index is 0.239. The van der Waals surface area contributed by atoms with Crippen LogP contribution in [0.2, 0.25) is 0 Å². The van der Waals surface area contributed by atoms with Gasteiger partial charge in [0.15, 0.2) is 5.82 Å². The number of carbonyl (C=O) groups is 1. The molecule has 0 N–H and O–H groups in total. The van der Waals surface area contributed by atoms with Crippen LogP contribution in [-0.2, 0) is 4.74 Å². The number of ether oxygens (including phenoxy) is 1. The fourth-order valence-corrected chi connectivity index (χ4v) is 2.15. The summed E-state index contributed by atoms with van der Waals surface area (Å²) in [5.41, 5.74) is 2.01. The van der Waals surface area contributed by atoms with Gasteiger partial charge in [0, 0.05) is 18.0 Å². The maximum absolute atomic E-state index is 12.4. The zero-order valence-electron chi connectivity index (χ0n) is 12.8. The summed E-state index contributed by atoms with van der Waals surface area (Å²) in [6.45, 7) is 3.57. The van der Waals surface area contributed by atoms with Gasteiger partial charge in [0.1, 0.15) is 0 Å². The highest BCUT2D eigenvalue weighted by Crippen LogP contribution is 2.25.